The smallest absolute Gasteiger partial charge is 0.304 e. The predicted octanol–water partition coefficient (Wildman–Crippen LogP) is 1.60. The highest BCUT2D eigenvalue weighted by molar-refractivity contribution is 7.99. The van der Waals surface area contributed by atoms with Gasteiger partial charge in [-0.2, -0.15) is 5.10 Å². The van der Waals surface area contributed by atoms with Gasteiger partial charge in [-0.3, -0.25) is 4.79 Å². The van der Waals surface area contributed by atoms with E-state index in [1.807, 2.05) is 13.0 Å². The second-order valence-electron chi connectivity index (χ2n) is 3.34. The Bertz CT molecular complexity index is 524. The molecule has 0 atom stereocenters. The Balaban J connectivity index is 2.20. The minimum absolute atomic E-state index is 0.139. The number of carbonyl (C=O) groups is 1. The molecule has 0 aromatic carbocycles. The van der Waals surface area contributed by atoms with E-state index in [2.05, 4.69) is 10.1 Å². The number of carboxylic acid groups (broad SMARTS) is 1. The lowest BCUT2D eigenvalue weighted by molar-refractivity contribution is -0.136. The molecular weight excluding hydrogens is 226 g/mol. The molecule has 0 amide bonds. The molecule has 16 heavy (non-hydrogen) atoms. The van der Waals surface area contributed by atoms with Crippen LogP contribution in [0.3, 0.4) is 0 Å². The Kier molecular flexibility index (Phi) is 3.09. The van der Waals surface area contributed by atoms with Crippen LogP contribution in [0, 0.1) is 6.92 Å². The van der Waals surface area contributed by atoms with E-state index in [1.54, 1.807) is 16.9 Å². The highest BCUT2D eigenvalue weighted by Crippen LogP contribution is 2.21. The van der Waals surface area contributed by atoms with Gasteiger partial charge in [-0.25, -0.2) is 9.50 Å². The fraction of sp³-hybridized carbons (Fsp3) is 0.300. The summed E-state index contributed by atoms with van der Waals surface area (Å²) in [4.78, 5) is 14.6. The van der Waals surface area contributed by atoms with Crippen LogP contribution in [-0.2, 0) is 4.79 Å². The van der Waals surface area contributed by atoms with Gasteiger partial charge in [-0.05, 0) is 13.0 Å². The Morgan fingerprint density at radius 2 is 2.44 bits per heavy atom. The Morgan fingerprint density at radius 1 is 1.62 bits per heavy atom. The molecule has 0 saturated carbocycles. The third kappa shape index (κ3) is 2.33. The number of rotatable bonds is 4. The number of aryl methyl sites for hydroxylation is 1. The van der Waals surface area contributed by atoms with E-state index in [0.29, 0.717) is 5.75 Å². The van der Waals surface area contributed by atoms with Crippen molar-refractivity contribution >= 4 is 23.2 Å². The highest BCUT2D eigenvalue weighted by atomic mass is 32.2. The topological polar surface area (TPSA) is 67.5 Å². The van der Waals surface area contributed by atoms with Crippen molar-refractivity contribution < 1.29 is 9.90 Å². The van der Waals surface area contributed by atoms with Gasteiger partial charge in [0.25, 0.3) is 0 Å². The first kappa shape index (κ1) is 10.9. The fourth-order valence-corrected chi connectivity index (χ4v) is 2.27. The van der Waals surface area contributed by atoms with E-state index in [9.17, 15) is 4.79 Å². The zero-order chi connectivity index (χ0) is 11.5. The zero-order valence-electron chi connectivity index (χ0n) is 8.75. The monoisotopic (exact) mass is 237 g/mol. The van der Waals surface area contributed by atoms with Crippen molar-refractivity contribution in [2.45, 2.75) is 18.4 Å². The number of fused-ring (bicyclic) bond motifs is 1. The van der Waals surface area contributed by atoms with E-state index in [0.717, 1.165) is 16.2 Å². The Hall–Kier alpha value is -1.56. The standard InChI is InChI=1S/C10H11N3O2S/c1-7-6-8-10(16-5-2-9(14)15)11-3-4-13(8)12-7/h3-4,6H,2,5H2,1H3,(H,14,15). The number of carboxylic acids is 1. The number of aliphatic carboxylic acids is 1. The average molecular weight is 237 g/mol. The SMILES string of the molecule is Cc1cc2c(SCCC(=O)O)nccn2n1. The summed E-state index contributed by atoms with van der Waals surface area (Å²) in [6, 6.07) is 1.94. The van der Waals surface area contributed by atoms with Crippen molar-refractivity contribution in [1.82, 2.24) is 14.6 Å². The maximum atomic E-state index is 10.4. The van der Waals surface area contributed by atoms with Crippen LogP contribution >= 0.6 is 11.8 Å². The van der Waals surface area contributed by atoms with Crippen molar-refractivity contribution in [2.75, 3.05) is 5.75 Å². The van der Waals surface area contributed by atoms with E-state index >= 15 is 0 Å². The second kappa shape index (κ2) is 4.52. The summed E-state index contributed by atoms with van der Waals surface area (Å²) in [6.07, 6.45) is 3.59. The quantitative estimate of drug-likeness (QED) is 0.818. The maximum absolute atomic E-state index is 10.4. The van der Waals surface area contributed by atoms with Gasteiger partial charge >= 0.3 is 5.97 Å². The molecule has 0 saturated heterocycles. The third-order valence-corrected chi connectivity index (χ3v) is 3.03. The van der Waals surface area contributed by atoms with E-state index in [1.165, 1.54) is 11.8 Å². The average Bonchev–Trinajstić information content (AvgIpc) is 2.58. The summed E-state index contributed by atoms with van der Waals surface area (Å²) < 4.78 is 1.76. The predicted molar refractivity (Wildman–Crippen MR) is 60.7 cm³/mol. The normalized spacial score (nSPS) is 10.8. The summed E-state index contributed by atoms with van der Waals surface area (Å²) in [5, 5.41) is 13.6. The lowest BCUT2D eigenvalue weighted by atomic mass is 10.4. The molecule has 0 spiro atoms. The molecule has 0 aliphatic rings. The van der Waals surface area contributed by atoms with Crippen molar-refractivity contribution in [2.24, 2.45) is 0 Å². The summed E-state index contributed by atoms with van der Waals surface area (Å²) in [5.41, 5.74) is 1.85. The molecule has 0 fully saturated rings. The summed E-state index contributed by atoms with van der Waals surface area (Å²) in [6.45, 7) is 1.92. The first-order valence-electron chi connectivity index (χ1n) is 4.82. The Labute approximate surface area is 96.5 Å². The number of hydrogen-bond donors (Lipinski definition) is 1. The van der Waals surface area contributed by atoms with E-state index in [4.69, 9.17) is 5.11 Å². The van der Waals surface area contributed by atoms with Crippen LogP contribution in [0.5, 0.6) is 0 Å². The molecular formula is C10H11N3O2S. The molecule has 0 unspecified atom stereocenters. The van der Waals surface area contributed by atoms with Gasteiger partial charge in [0, 0.05) is 18.1 Å². The molecule has 2 aromatic rings. The van der Waals surface area contributed by atoms with Crippen molar-refractivity contribution in [3.63, 3.8) is 0 Å². The van der Waals surface area contributed by atoms with Crippen molar-refractivity contribution in [1.29, 1.82) is 0 Å². The van der Waals surface area contributed by atoms with E-state index < -0.39 is 5.97 Å². The molecule has 2 heterocycles. The molecule has 1 N–H and O–H groups in total. The molecule has 5 nitrogen and oxygen atoms in total. The number of hydrogen-bond acceptors (Lipinski definition) is 4. The molecule has 0 radical (unpaired) electrons. The molecule has 0 aliphatic heterocycles. The lowest BCUT2D eigenvalue weighted by Crippen LogP contribution is -1.97. The number of nitrogens with zero attached hydrogens (tertiary/aromatic N) is 3. The summed E-state index contributed by atoms with van der Waals surface area (Å²) in [5.74, 6) is -0.268. The van der Waals surface area contributed by atoms with Crippen molar-refractivity contribution in [3.05, 3.63) is 24.2 Å². The summed E-state index contributed by atoms with van der Waals surface area (Å²) >= 11 is 1.44. The highest BCUT2D eigenvalue weighted by Gasteiger charge is 2.06. The second-order valence-corrected chi connectivity index (χ2v) is 4.42. The van der Waals surface area contributed by atoms with Gasteiger partial charge in [0.1, 0.15) is 5.03 Å². The van der Waals surface area contributed by atoms with Gasteiger partial charge in [0.05, 0.1) is 17.6 Å². The largest absolute Gasteiger partial charge is 0.481 e. The van der Waals surface area contributed by atoms with Gasteiger partial charge < -0.3 is 5.11 Å². The minimum Gasteiger partial charge on any atom is -0.481 e. The molecule has 0 aliphatic carbocycles. The van der Waals surface area contributed by atoms with Gasteiger partial charge in [-0.15, -0.1) is 11.8 Å². The van der Waals surface area contributed by atoms with Crippen molar-refractivity contribution in [3.8, 4) is 0 Å². The van der Waals surface area contributed by atoms with Gasteiger partial charge in [0.15, 0.2) is 0 Å². The third-order valence-electron chi connectivity index (χ3n) is 2.03. The fourth-order valence-electron chi connectivity index (χ4n) is 1.37. The lowest BCUT2D eigenvalue weighted by Gasteiger charge is -2.00. The molecule has 84 valence electrons. The van der Waals surface area contributed by atoms with Crippen LogP contribution < -0.4 is 0 Å². The molecule has 2 aromatic heterocycles. The van der Waals surface area contributed by atoms with E-state index in [-0.39, 0.29) is 6.42 Å². The van der Waals surface area contributed by atoms with Gasteiger partial charge in [0.2, 0.25) is 0 Å². The van der Waals surface area contributed by atoms with Crippen LogP contribution in [0.15, 0.2) is 23.5 Å². The summed E-state index contributed by atoms with van der Waals surface area (Å²) in [7, 11) is 0. The van der Waals surface area contributed by atoms with Crippen LogP contribution in [0.2, 0.25) is 0 Å². The van der Waals surface area contributed by atoms with Crippen LogP contribution in [-0.4, -0.2) is 31.4 Å². The zero-order valence-corrected chi connectivity index (χ0v) is 9.57. The number of aromatic nitrogens is 3. The molecule has 2 rings (SSSR count). The van der Waals surface area contributed by atoms with Crippen LogP contribution in [0.4, 0.5) is 0 Å². The Morgan fingerprint density at radius 3 is 3.19 bits per heavy atom. The van der Waals surface area contributed by atoms with Gasteiger partial charge in [-0.1, -0.05) is 0 Å². The number of thioether (sulfide) groups is 1. The minimum atomic E-state index is -0.788. The first-order chi connectivity index (χ1) is 7.66. The molecule has 6 heteroatoms. The van der Waals surface area contributed by atoms with Crippen LogP contribution in [0.1, 0.15) is 12.1 Å². The first-order valence-corrected chi connectivity index (χ1v) is 5.81. The molecule has 0 bridgehead atoms. The maximum Gasteiger partial charge on any atom is 0.304 e. The van der Waals surface area contributed by atoms with Crippen LogP contribution in [0.25, 0.3) is 5.52 Å².